The zero-order chi connectivity index (χ0) is 14.2. The Kier molecular flexibility index (Phi) is 6.40. The molecule has 1 aromatic rings. The van der Waals surface area contributed by atoms with Crippen LogP contribution in [0.1, 0.15) is 31.7 Å². The van der Waals surface area contributed by atoms with Crippen molar-refractivity contribution >= 4 is 23.4 Å². The third-order valence-corrected chi connectivity index (χ3v) is 4.88. The summed E-state index contributed by atoms with van der Waals surface area (Å²) in [6.45, 7) is 4.34. The molecular formula is C16H24N2OS. The van der Waals surface area contributed by atoms with Crippen molar-refractivity contribution in [2.24, 2.45) is 0 Å². The van der Waals surface area contributed by atoms with Crippen molar-refractivity contribution in [3.05, 3.63) is 29.8 Å². The second kappa shape index (κ2) is 8.32. The molecule has 20 heavy (non-hydrogen) atoms. The van der Waals surface area contributed by atoms with Crippen LogP contribution in [0.5, 0.6) is 0 Å². The van der Waals surface area contributed by atoms with Crippen molar-refractivity contribution < 1.29 is 4.79 Å². The Hall–Kier alpha value is -1.00. The fourth-order valence-corrected chi connectivity index (χ4v) is 3.42. The first-order valence-corrected chi connectivity index (χ1v) is 8.54. The van der Waals surface area contributed by atoms with Gasteiger partial charge in [0.1, 0.15) is 0 Å². The van der Waals surface area contributed by atoms with Gasteiger partial charge in [-0.2, -0.15) is 0 Å². The van der Waals surface area contributed by atoms with Crippen LogP contribution in [0.15, 0.2) is 24.3 Å². The molecule has 0 aromatic heterocycles. The molecule has 1 aromatic carbocycles. The number of benzene rings is 1. The van der Waals surface area contributed by atoms with Gasteiger partial charge in [-0.3, -0.25) is 4.79 Å². The number of carbonyl (C=O) groups is 1. The first kappa shape index (κ1) is 15.4. The quantitative estimate of drug-likeness (QED) is 0.846. The van der Waals surface area contributed by atoms with Gasteiger partial charge in [0, 0.05) is 10.9 Å². The van der Waals surface area contributed by atoms with Crippen LogP contribution in [0, 0.1) is 0 Å². The molecule has 0 unspecified atom stereocenters. The fourth-order valence-electron chi connectivity index (χ4n) is 2.40. The molecule has 0 spiro atoms. The number of anilines is 1. The summed E-state index contributed by atoms with van der Waals surface area (Å²) in [5.41, 5.74) is 2.23. The monoisotopic (exact) mass is 292 g/mol. The number of amides is 1. The first-order valence-electron chi connectivity index (χ1n) is 7.49. The van der Waals surface area contributed by atoms with Crippen LogP contribution in [-0.4, -0.2) is 30.0 Å². The number of aryl methyl sites for hydroxylation is 1. The van der Waals surface area contributed by atoms with Gasteiger partial charge in [-0.25, -0.2) is 0 Å². The number of nitrogens with one attached hydrogen (secondary N) is 2. The predicted octanol–water partition coefficient (Wildman–Crippen LogP) is 3.06. The van der Waals surface area contributed by atoms with E-state index in [2.05, 4.69) is 29.7 Å². The normalized spacial score (nSPS) is 16.1. The summed E-state index contributed by atoms with van der Waals surface area (Å²) in [7, 11) is 0. The summed E-state index contributed by atoms with van der Waals surface area (Å²) in [6.07, 6.45) is 4.59. The molecule has 1 aliphatic heterocycles. The average Bonchev–Trinajstić information content (AvgIpc) is 2.49. The molecule has 1 amide bonds. The molecule has 0 atom stereocenters. The minimum atomic E-state index is 0.108. The lowest BCUT2D eigenvalue weighted by Gasteiger charge is -2.21. The third kappa shape index (κ3) is 5.17. The van der Waals surface area contributed by atoms with Crippen LogP contribution in [0.25, 0.3) is 0 Å². The van der Waals surface area contributed by atoms with E-state index in [0.717, 1.165) is 31.6 Å². The molecule has 0 bridgehead atoms. The highest BCUT2D eigenvalue weighted by Crippen LogP contribution is 2.20. The molecule has 1 aliphatic rings. The van der Waals surface area contributed by atoms with E-state index in [1.54, 1.807) is 11.8 Å². The summed E-state index contributed by atoms with van der Waals surface area (Å²) in [6, 6.07) is 8.19. The maximum absolute atomic E-state index is 11.9. The van der Waals surface area contributed by atoms with Crippen LogP contribution in [-0.2, 0) is 11.2 Å². The van der Waals surface area contributed by atoms with Crippen LogP contribution in [0.3, 0.4) is 0 Å². The molecule has 2 rings (SSSR count). The lowest BCUT2D eigenvalue weighted by Crippen LogP contribution is -2.30. The minimum Gasteiger partial charge on any atom is -0.325 e. The SMILES string of the molecule is CCCc1ccc(NC(=O)CSC2CCNCC2)cc1. The van der Waals surface area contributed by atoms with Gasteiger partial charge in [0.05, 0.1) is 5.75 Å². The summed E-state index contributed by atoms with van der Waals surface area (Å²) >= 11 is 1.78. The van der Waals surface area contributed by atoms with E-state index in [1.807, 2.05) is 12.1 Å². The van der Waals surface area contributed by atoms with E-state index in [4.69, 9.17) is 0 Å². The van der Waals surface area contributed by atoms with Crippen molar-refractivity contribution in [1.29, 1.82) is 0 Å². The van der Waals surface area contributed by atoms with E-state index in [-0.39, 0.29) is 5.91 Å². The highest BCUT2D eigenvalue weighted by atomic mass is 32.2. The zero-order valence-electron chi connectivity index (χ0n) is 12.2. The second-order valence-corrected chi connectivity index (χ2v) is 6.54. The Morgan fingerprint density at radius 3 is 2.65 bits per heavy atom. The Labute approximate surface area is 125 Å². The maximum Gasteiger partial charge on any atom is 0.234 e. The summed E-state index contributed by atoms with van der Waals surface area (Å²) in [5, 5.41) is 6.95. The van der Waals surface area contributed by atoms with E-state index >= 15 is 0 Å². The predicted molar refractivity (Wildman–Crippen MR) is 87.4 cm³/mol. The second-order valence-electron chi connectivity index (χ2n) is 5.26. The summed E-state index contributed by atoms with van der Waals surface area (Å²) < 4.78 is 0. The van der Waals surface area contributed by atoms with Gasteiger partial charge in [0.15, 0.2) is 0 Å². The van der Waals surface area contributed by atoms with Crippen molar-refractivity contribution in [3.63, 3.8) is 0 Å². The van der Waals surface area contributed by atoms with Crippen molar-refractivity contribution in [3.8, 4) is 0 Å². The molecular weight excluding hydrogens is 268 g/mol. The minimum absolute atomic E-state index is 0.108. The Balaban J connectivity index is 1.73. The average molecular weight is 292 g/mol. The number of carbonyl (C=O) groups excluding carboxylic acids is 1. The highest BCUT2D eigenvalue weighted by molar-refractivity contribution is 8.00. The standard InChI is InChI=1S/C16H24N2OS/c1-2-3-13-4-6-14(7-5-13)18-16(19)12-20-15-8-10-17-11-9-15/h4-7,15,17H,2-3,8-12H2,1H3,(H,18,19). The van der Waals surface area contributed by atoms with E-state index < -0.39 is 0 Å². The molecule has 1 saturated heterocycles. The van der Waals surface area contributed by atoms with Gasteiger partial charge in [0.2, 0.25) is 5.91 Å². The van der Waals surface area contributed by atoms with Gasteiger partial charge < -0.3 is 10.6 Å². The Morgan fingerprint density at radius 1 is 1.30 bits per heavy atom. The number of piperidine rings is 1. The lowest BCUT2D eigenvalue weighted by atomic mass is 10.1. The number of rotatable bonds is 6. The van der Waals surface area contributed by atoms with Crippen LogP contribution in [0.4, 0.5) is 5.69 Å². The van der Waals surface area contributed by atoms with Gasteiger partial charge in [-0.15, -0.1) is 11.8 Å². The topological polar surface area (TPSA) is 41.1 Å². The van der Waals surface area contributed by atoms with Gasteiger partial charge in [0.25, 0.3) is 0 Å². The first-order chi connectivity index (χ1) is 9.78. The van der Waals surface area contributed by atoms with E-state index in [1.165, 1.54) is 18.4 Å². The Morgan fingerprint density at radius 2 is 2.00 bits per heavy atom. The van der Waals surface area contributed by atoms with Gasteiger partial charge in [-0.1, -0.05) is 25.5 Å². The number of thioether (sulfide) groups is 1. The third-order valence-electron chi connectivity index (χ3n) is 3.51. The smallest absolute Gasteiger partial charge is 0.234 e. The molecule has 4 heteroatoms. The molecule has 0 radical (unpaired) electrons. The largest absolute Gasteiger partial charge is 0.325 e. The van der Waals surface area contributed by atoms with Crippen molar-refractivity contribution in [2.45, 2.75) is 37.9 Å². The van der Waals surface area contributed by atoms with Gasteiger partial charge >= 0.3 is 0 Å². The number of hydrogen-bond acceptors (Lipinski definition) is 3. The molecule has 0 aliphatic carbocycles. The van der Waals surface area contributed by atoms with Gasteiger partial charge in [-0.05, 0) is 50.0 Å². The molecule has 0 saturated carbocycles. The number of hydrogen-bond donors (Lipinski definition) is 2. The zero-order valence-corrected chi connectivity index (χ0v) is 13.0. The molecule has 1 heterocycles. The van der Waals surface area contributed by atoms with Crippen molar-refractivity contribution in [2.75, 3.05) is 24.2 Å². The highest BCUT2D eigenvalue weighted by Gasteiger charge is 2.14. The lowest BCUT2D eigenvalue weighted by molar-refractivity contribution is -0.113. The summed E-state index contributed by atoms with van der Waals surface area (Å²) in [4.78, 5) is 11.9. The molecule has 1 fully saturated rings. The van der Waals surface area contributed by atoms with Crippen molar-refractivity contribution in [1.82, 2.24) is 5.32 Å². The fraction of sp³-hybridized carbons (Fsp3) is 0.562. The maximum atomic E-state index is 11.9. The van der Waals surface area contributed by atoms with Crippen LogP contribution in [0.2, 0.25) is 0 Å². The molecule has 3 nitrogen and oxygen atoms in total. The van der Waals surface area contributed by atoms with Crippen LogP contribution < -0.4 is 10.6 Å². The summed E-state index contributed by atoms with van der Waals surface area (Å²) in [5.74, 6) is 0.665. The molecule has 110 valence electrons. The Bertz CT molecular complexity index is 413. The van der Waals surface area contributed by atoms with E-state index in [0.29, 0.717) is 11.0 Å². The van der Waals surface area contributed by atoms with Crippen LogP contribution >= 0.6 is 11.8 Å². The van der Waals surface area contributed by atoms with E-state index in [9.17, 15) is 4.79 Å². The molecule has 2 N–H and O–H groups in total.